The zero-order valence-electron chi connectivity index (χ0n) is 12.3. The molecule has 0 heterocycles. The third-order valence-electron chi connectivity index (χ3n) is 3.93. The van der Waals surface area contributed by atoms with Gasteiger partial charge in [-0.2, -0.15) is 0 Å². The molecule has 6 nitrogen and oxygen atoms in total. The van der Waals surface area contributed by atoms with Gasteiger partial charge in [0.05, 0.1) is 14.2 Å². The van der Waals surface area contributed by atoms with Crippen LogP contribution in [0.5, 0.6) is 11.5 Å². The van der Waals surface area contributed by atoms with Gasteiger partial charge in [-0.25, -0.2) is 4.79 Å². The van der Waals surface area contributed by atoms with Gasteiger partial charge in [-0.1, -0.05) is 6.07 Å². The Labute approximate surface area is 123 Å². The van der Waals surface area contributed by atoms with Gasteiger partial charge >= 0.3 is 5.97 Å². The molecule has 6 heteroatoms. The van der Waals surface area contributed by atoms with Crippen LogP contribution < -0.4 is 9.47 Å². The number of hydrogen-bond acceptors (Lipinski definition) is 4. The number of benzene rings is 1. The molecular formula is C15H19NO5. The topological polar surface area (TPSA) is 76.1 Å². The van der Waals surface area contributed by atoms with Gasteiger partial charge in [0.25, 0.3) is 0 Å². The fourth-order valence-corrected chi connectivity index (χ4v) is 2.43. The lowest BCUT2D eigenvalue weighted by Gasteiger charge is -2.36. The minimum atomic E-state index is -1.43. The Kier molecular flexibility index (Phi) is 4.06. The number of rotatable bonds is 7. The summed E-state index contributed by atoms with van der Waals surface area (Å²) in [5, 5.41) is 9.68. The third kappa shape index (κ3) is 2.53. The summed E-state index contributed by atoms with van der Waals surface area (Å²) in [7, 11) is 2.99. The Morgan fingerprint density at radius 3 is 2.38 bits per heavy atom. The van der Waals surface area contributed by atoms with Crippen LogP contribution in [-0.2, 0) is 15.1 Å². The Hall–Kier alpha value is -2.24. The first-order valence-electron chi connectivity index (χ1n) is 6.68. The molecule has 21 heavy (non-hydrogen) atoms. The van der Waals surface area contributed by atoms with E-state index in [1.165, 1.54) is 26.0 Å². The Morgan fingerprint density at radius 2 is 1.95 bits per heavy atom. The van der Waals surface area contributed by atoms with E-state index < -0.39 is 11.5 Å². The maximum Gasteiger partial charge on any atom is 0.334 e. The number of ether oxygens (including phenoxy) is 2. The first-order chi connectivity index (χ1) is 9.98. The summed E-state index contributed by atoms with van der Waals surface area (Å²) in [6.45, 7) is 1.53. The second-order valence-electron chi connectivity index (χ2n) is 5.19. The summed E-state index contributed by atoms with van der Waals surface area (Å²) in [4.78, 5) is 24.6. The number of hydrogen-bond donors (Lipinski definition) is 1. The summed E-state index contributed by atoms with van der Waals surface area (Å²) >= 11 is 0. The molecule has 1 fully saturated rings. The van der Waals surface area contributed by atoms with Crippen molar-refractivity contribution >= 4 is 12.4 Å². The monoisotopic (exact) mass is 293 g/mol. The normalized spacial score (nSPS) is 16.7. The Morgan fingerprint density at radius 1 is 1.33 bits per heavy atom. The van der Waals surface area contributed by atoms with Crippen molar-refractivity contribution in [3.05, 3.63) is 23.8 Å². The number of carbonyl (C=O) groups is 2. The molecule has 0 spiro atoms. The van der Waals surface area contributed by atoms with Crippen molar-refractivity contribution < 1.29 is 24.2 Å². The van der Waals surface area contributed by atoms with Crippen LogP contribution >= 0.6 is 0 Å². The minimum Gasteiger partial charge on any atom is -0.493 e. The molecule has 1 saturated carbocycles. The molecule has 1 aliphatic carbocycles. The van der Waals surface area contributed by atoms with Crippen molar-refractivity contribution in [3.63, 3.8) is 0 Å². The van der Waals surface area contributed by atoms with E-state index in [-0.39, 0.29) is 6.04 Å². The predicted molar refractivity (Wildman–Crippen MR) is 75.5 cm³/mol. The molecule has 1 N–H and O–H groups in total. The number of carbonyl (C=O) groups excluding carboxylic acids is 1. The van der Waals surface area contributed by atoms with Gasteiger partial charge in [-0.3, -0.25) is 4.79 Å². The predicted octanol–water partition coefficient (Wildman–Crippen LogP) is 1.62. The van der Waals surface area contributed by atoms with Crippen molar-refractivity contribution in [2.24, 2.45) is 0 Å². The van der Waals surface area contributed by atoms with Crippen molar-refractivity contribution in [2.45, 2.75) is 31.3 Å². The molecule has 1 atom stereocenters. The second-order valence-corrected chi connectivity index (χ2v) is 5.19. The molecule has 1 aromatic rings. The van der Waals surface area contributed by atoms with Gasteiger partial charge in [0.2, 0.25) is 6.41 Å². The van der Waals surface area contributed by atoms with Crippen LogP contribution in [0, 0.1) is 0 Å². The lowest BCUT2D eigenvalue weighted by atomic mass is 9.89. The molecule has 0 radical (unpaired) electrons. The summed E-state index contributed by atoms with van der Waals surface area (Å²) in [6, 6.07) is 4.88. The van der Waals surface area contributed by atoms with Gasteiger partial charge in [0.15, 0.2) is 17.0 Å². The number of amides is 1. The molecule has 1 aromatic carbocycles. The van der Waals surface area contributed by atoms with Crippen LogP contribution in [-0.4, -0.2) is 42.6 Å². The highest BCUT2D eigenvalue weighted by Crippen LogP contribution is 2.40. The van der Waals surface area contributed by atoms with Crippen molar-refractivity contribution in [1.82, 2.24) is 4.90 Å². The van der Waals surface area contributed by atoms with Crippen LogP contribution in [0.25, 0.3) is 0 Å². The molecule has 0 saturated heterocycles. The number of methoxy groups -OCH3 is 2. The molecule has 114 valence electrons. The fraction of sp³-hybridized carbons (Fsp3) is 0.467. The van der Waals surface area contributed by atoms with E-state index in [0.717, 1.165) is 12.8 Å². The highest BCUT2D eigenvalue weighted by atomic mass is 16.5. The molecular weight excluding hydrogens is 274 g/mol. The number of carboxylic acids is 1. The van der Waals surface area contributed by atoms with Crippen LogP contribution in [0.1, 0.15) is 25.3 Å². The molecule has 1 aliphatic rings. The molecule has 0 bridgehead atoms. The van der Waals surface area contributed by atoms with E-state index in [0.29, 0.717) is 23.5 Å². The van der Waals surface area contributed by atoms with Gasteiger partial charge < -0.3 is 19.5 Å². The fourth-order valence-electron chi connectivity index (χ4n) is 2.43. The van der Waals surface area contributed by atoms with Crippen molar-refractivity contribution in [2.75, 3.05) is 14.2 Å². The van der Waals surface area contributed by atoms with Crippen LogP contribution in [0.2, 0.25) is 0 Å². The summed E-state index contributed by atoms with van der Waals surface area (Å²) in [5.74, 6) is -0.129. The van der Waals surface area contributed by atoms with Crippen LogP contribution in [0.4, 0.5) is 0 Å². The Balaban J connectivity index is 2.51. The lowest BCUT2D eigenvalue weighted by molar-refractivity contribution is -0.155. The average Bonchev–Trinajstić information content (AvgIpc) is 3.31. The van der Waals surface area contributed by atoms with Gasteiger partial charge in [-0.15, -0.1) is 0 Å². The second kappa shape index (κ2) is 5.63. The van der Waals surface area contributed by atoms with E-state index in [4.69, 9.17) is 9.47 Å². The number of carboxylic acid groups (broad SMARTS) is 1. The quantitative estimate of drug-likeness (QED) is 0.773. The molecule has 0 aliphatic heterocycles. The third-order valence-corrected chi connectivity index (χ3v) is 3.93. The molecule has 1 amide bonds. The molecule has 1 unspecified atom stereocenters. The van der Waals surface area contributed by atoms with Gasteiger partial charge in [0, 0.05) is 6.04 Å². The zero-order chi connectivity index (χ0) is 15.6. The van der Waals surface area contributed by atoms with Gasteiger partial charge in [0.1, 0.15) is 0 Å². The van der Waals surface area contributed by atoms with Crippen LogP contribution in [0.15, 0.2) is 18.2 Å². The maximum atomic E-state index is 11.8. The van der Waals surface area contributed by atoms with E-state index in [9.17, 15) is 14.7 Å². The minimum absolute atomic E-state index is 0.0169. The first-order valence-corrected chi connectivity index (χ1v) is 6.68. The largest absolute Gasteiger partial charge is 0.493 e. The SMILES string of the molecule is COc1ccc(C(C)(C(=O)O)N(C=O)C2CC2)cc1OC. The van der Waals surface area contributed by atoms with E-state index >= 15 is 0 Å². The number of aliphatic carboxylic acids is 1. The average molecular weight is 293 g/mol. The highest BCUT2D eigenvalue weighted by molar-refractivity contribution is 5.83. The lowest BCUT2D eigenvalue weighted by Crippen LogP contribution is -2.50. The standard InChI is InChI=1S/C15H19NO5/c1-15(14(18)19,16(9-17)11-5-6-11)10-4-7-12(20-2)13(8-10)21-3/h4,7-9,11H,5-6H2,1-3H3,(H,18,19). The van der Waals surface area contributed by atoms with E-state index in [1.807, 2.05) is 0 Å². The van der Waals surface area contributed by atoms with E-state index in [2.05, 4.69) is 0 Å². The first kappa shape index (κ1) is 15.2. The van der Waals surface area contributed by atoms with Crippen LogP contribution in [0.3, 0.4) is 0 Å². The Bertz CT molecular complexity index is 555. The van der Waals surface area contributed by atoms with Gasteiger partial charge in [-0.05, 0) is 37.5 Å². The summed E-state index contributed by atoms with van der Waals surface area (Å²) < 4.78 is 10.4. The molecule has 0 aromatic heterocycles. The smallest absolute Gasteiger partial charge is 0.334 e. The summed E-state index contributed by atoms with van der Waals surface area (Å²) in [5.41, 5.74) is -0.950. The van der Waals surface area contributed by atoms with Crippen molar-refractivity contribution in [3.8, 4) is 11.5 Å². The van der Waals surface area contributed by atoms with E-state index in [1.54, 1.807) is 18.2 Å². The highest BCUT2D eigenvalue weighted by Gasteiger charge is 2.47. The van der Waals surface area contributed by atoms with Crippen molar-refractivity contribution in [1.29, 1.82) is 0 Å². The molecule has 2 rings (SSSR count). The maximum absolute atomic E-state index is 11.8. The zero-order valence-corrected chi connectivity index (χ0v) is 12.3. The number of nitrogens with zero attached hydrogens (tertiary/aromatic N) is 1. The summed E-state index contributed by atoms with van der Waals surface area (Å²) in [6.07, 6.45) is 2.27.